The number of rotatable bonds is 10. The number of likely N-dealkylation sites (tertiary alicyclic amines) is 1. The molecule has 0 aromatic heterocycles. The number of nitrogens with zero attached hydrogens (tertiary/aromatic N) is 3. The van der Waals surface area contributed by atoms with Crippen molar-refractivity contribution in [1.82, 2.24) is 15.2 Å². The van der Waals surface area contributed by atoms with Crippen LogP contribution in [0.15, 0.2) is 84.0 Å². The third-order valence-corrected chi connectivity index (χ3v) is 8.46. The molecule has 3 aromatic rings. The average Bonchev–Trinajstić information content (AvgIpc) is 3.34. The van der Waals surface area contributed by atoms with Crippen LogP contribution in [0.4, 0.5) is 0 Å². The molecular formula is C36H40ClN5O3S. The predicted molar refractivity (Wildman–Crippen MR) is 188 cm³/mol. The van der Waals surface area contributed by atoms with Crippen molar-refractivity contribution in [1.29, 1.82) is 0 Å². The number of aryl methyl sites for hydroxylation is 1. The number of halogens is 1. The summed E-state index contributed by atoms with van der Waals surface area (Å²) in [6, 6.07) is 24.1. The van der Waals surface area contributed by atoms with Gasteiger partial charge in [-0.25, -0.2) is 5.01 Å². The maximum atomic E-state index is 14.2. The van der Waals surface area contributed by atoms with Gasteiger partial charge in [0, 0.05) is 51.0 Å². The Kier molecular flexibility index (Phi) is 13.6. The standard InChI is InChI=1S/C33H36ClN5O3.C2H2.CH2S/c1-38-32(42)33(20-24-7-3-2-4-8-24)22-39(18-17-29(33)37-38)31(41)28(19-23-11-14-27(34)15-12-23)36-30(40)16-13-25-9-5-6-10-26(25)21-35;2*1-2/h2-12,14-15,28H,13,16-22,35H2,1H3,(H,36,40);1-2H;1H2/t28-,33?;;/m1../s1. The first-order valence-electron chi connectivity index (χ1n) is 14.9. The average molecular weight is 658 g/mol. The molecule has 0 spiro atoms. The maximum Gasteiger partial charge on any atom is 0.256 e. The molecule has 5 rings (SSSR count). The summed E-state index contributed by atoms with van der Waals surface area (Å²) in [6.45, 7) is 1.03. The normalized spacial score (nSPS) is 17.3. The lowest BCUT2D eigenvalue weighted by molar-refractivity contribution is -0.142. The number of nitrogens with two attached hydrogens (primary N) is 1. The molecule has 2 atom stereocenters. The maximum absolute atomic E-state index is 14.2. The van der Waals surface area contributed by atoms with Crippen LogP contribution in [0.5, 0.6) is 0 Å². The third kappa shape index (κ3) is 8.67. The van der Waals surface area contributed by atoms with E-state index < -0.39 is 11.5 Å². The number of benzene rings is 3. The van der Waals surface area contributed by atoms with Gasteiger partial charge in [-0.2, -0.15) is 5.10 Å². The number of hydrogen-bond acceptors (Lipinski definition) is 6. The second kappa shape index (κ2) is 17.4. The van der Waals surface area contributed by atoms with Crippen LogP contribution in [-0.2, 0) is 40.2 Å². The van der Waals surface area contributed by atoms with Gasteiger partial charge in [0.2, 0.25) is 11.8 Å². The number of terminal acetylenes is 1. The molecule has 1 unspecified atom stereocenters. The summed E-state index contributed by atoms with van der Waals surface area (Å²) in [7, 11) is 1.67. The second-order valence-corrected chi connectivity index (χ2v) is 11.5. The van der Waals surface area contributed by atoms with Crippen molar-refractivity contribution >= 4 is 53.1 Å². The lowest BCUT2D eigenvalue weighted by atomic mass is 9.73. The van der Waals surface area contributed by atoms with Crippen LogP contribution in [0.1, 0.15) is 35.1 Å². The van der Waals surface area contributed by atoms with Crippen LogP contribution in [-0.4, -0.2) is 65.4 Å². The highest BCUT2D eigenvalue weighted by Crippen LogP contribution is 2.38. The molecule has 2 aliphatic heterocycles. The Morgan fingerprint density at radius 3 is 2.30 bits per heavy atom. The molecular weight excluding hydrogens is 618 g/mol. The fourth-order valence-corrected chi connectivity index (χ4v) is 6.13. The number of amides is 3. The number of thiocarbonyl (C=S) groups is 1. The smallest absolute Gasteiger partial charge is 0.256 e. The van der Waals surface area contributed by atoms with Gasteiger partial charge >= 0.3 is 0 Å². The molecule has 10 heteroatoms. The van der Waals surface area contributed by atoms with Crippen LogP contribution in [0.3, 0.4) is 0 Å². The van der Waals surface area contributed by atoms with Crippen LogP contribution >= 0.6 is 23.8 Å². The van der Waals surface area contributed by atoms with E-state index in [-0.39, 0.29) is 30.7 Å². The number of hydrazone groups is 1. The monoisotopic (exact) mass is 657 g/mol. The Morgan fingerprint density at radius 2 is 1.65 bits per heavy atom. The van der Waals surface area contributed by atoms with Crippen LogP contribution < -0.4 is 11.1 Å². The Labute approximate surface area is 282 Å². The quantitative estimate of drug-likeness (QED) is 0.245. The molecule has 1 saturated heterocycles. The fourth-order valence-electron chi connectivity index (χ4n) is 6.01. The number of carbonyl (C=O) groups excluding carboxylic acids is 3. The minimum Gasteiger partial charge on any atom is -0.344 e. The van der Waals surface area contributed by atoms with Gasteiger partial charge < -0.3 is 16.0 Å². The zero-order valence-corrected chi connectivity index (χ0v) is 27.6. The molecule has 240 valence electrons. The van der Waals surface area contributed by atoms with Gasteiger partial charge in [-0.1, -0.05) is 90.5 Å². The first kappa shape index (κ1) is 36.1. The van der Waals surface area contributed by atoms with Crippen molar-refractivity contribution in [3.63, 3.8) is 0 Å². The van der Waals surface area contributed by atoms with E-state index in [9.17, 15) is 14.4 Å². The van der Waals surface area contributed by atoms with E-state index in [4.69, 9.17) is 17.3 Å². The molecule has 1 fully saturated rings. The highest BCUT2D eigenvalue weighted by Gasteiger charge is 2.53. The molecule has 0 radical (unpaired) electrons. The first-order valence-corrected chi connectivity index (χ1v) is 15.9. The van der Waals surface area contributed by atoms with E-state index >= 15 is 0 Å². The van der Waals surface area contributed by atoms with E-state index in [1.807, 2.05) is 66.7 Å². The summed E-state index contributed by atoms with van der Waals surface area (Å²) < 4.78 is 0. The van der Waals surface area contributed by atoms with Crippen molar-refractivity contribution in [2.45, 2.75) is 44.7 Å². The Balaban J connectivity index is 0.00000139. The Bertz CT molecular complexity index is 1550. The summed E-state index contributed by atoms with van der Waals surface area (Å²) in [5, 5.41) is 9.57. The summed E-state index contributed by atoms with van der Waals surface area (Å²) in [5.74, 6) is 2.29. The fraction of sp³-hybridized carbons (Fsp3) is 0.306. The molecule has 0 bridgehead atoms. The van der Waals surface area contributed by atoms with Gasteiger partial charge in [-0.05, 0) is 53.1 Å². The lowest BCUT2D eigenvalue weighted by Gasteiger charge is -2.40. The third-order valence-electron chi connectivity index (χ3n) is 8.21. The highest BCUT2D eigenvalue weighted by atomic mass is 35.5. The number of hydrogen-bond donors (Lipinski definition) is 2. The largest absolute Gasteiger partial charge is 0.344 e. The number of carbonyl (C=O) groups is 3. The van der Waals surface area contributed by atoms with Crippen molar-refractivity contribution in [2.75, 3.05) is 20.1 Å². The minimum atomic E-state index is -0.926. The van der Waals surface area contributed by atoms with E-state index in [1.165, 1.54) is 5.01 Å². The summed E-state index contributed by atoms with van der Waals surface area (Å²) >= 11 is 9.93. The second-order valence-electron chi connectivity index (χ2n) is 11.1. The van der Waals surface area contributed by atoms with Gasteiger partial charge in [-0.15, -0.1) is 12.8 Å². The Morgan fingerprint density at radius 1 is 1.02 bits per heavy atom. The van der Waals surface area contributed by atoms with Crippen LogP contribution in [0, 0.1) is 18.3 Å². The zero-order chi connectivity index (χ0) is 33.7. The molecule has 2 aliphatic rings. The minimum absolute atomic E-state index is 0.115. The SMILES string of the molecule is C#C.C=S.CN1N=C2CCN(C(=O)[C@@H](Cc3ccc(Cl)cc3)NC(=O)CCc3ccccc3CN)CC2(Cc2ccccc2)C1=O. The van der Waals surface area contributed by atoms with Crippen LogP contribution in [0.25, 0.3) is 0 Å². The molecule has 3 N–H and O–H groups in total. The lowest BCUT2D eigenvalue weighted by Crippen LogP contribution is -2.59. The number of fused-ring (bicyclic) bond motifs is 1. The van der Waals surface area contributed by atoms with E-state index in [0.29, 0.717) is 43.8 Å². The molecule has 3 amide bonds. The van der Waals surface area contributed by atoms with E-state index in [1.54, 1.807) is 24.1 Å². The van der Waals surface area contributed by atoms with Crippen molar-refractivity contribution < 1.29 is 14.4 Å². The zero-order valence-electron chi connectivity index (χ0n) is 26.0. The summed E-state index contributed by atoms with van der Waals surface area (Å²) in [4.78, 5) is 42.7. The van der Waals surface area contributed by atoms with Crippen molar-refractivity contribution in [3.8, 4) is 12.8 Å². The van der Waals surface area contributed by atoms with Crippen molar-refractivity contribution in [3.05, 3.63) is 106 Å². The van der Waals surface area contributed by atoms with Gasteiger partial charge in [0.25, 0.3) is 5.91 Å². The van der Waals surface area contributed by atoms with Gasteiger partial charge in [0.1, 0.15) is 11.5 Å². The first-order chi connectivity index (χ1) is 22.3. The summed E-state index contributed by atoms with van der Waals surface area (Å²) in [6.07, 6.45) is 9.99. The van der Waals surface area contributed by atoms with Crippen LogP contribution in [0.2, 0.25) is 5.02 Å². The van der Waals surface area contributed by atoms with Gasteiger partial charge in [0.05, 0.1) is 5.71 Å². The number of nitrogens with one attached hydrogen (secondary N) is 1. The molecule has 3 aromatic carbocycles. The van der Waals surface area contributed by atoms with E-state index in [0.717, 1.165) is 28.0 Å². The molecule has 46 heavy (non-hydrogen) atoms. The highest BCUT2D eigenvalue weighted by molar-refractivity contribution is 7.77. The molecule has 0 aliphatic carbocycles. The molecule has 0 saturated carbocycles. The number of piperidine rings is 1. The van der Waals surface area contributed by atoms with Gasteiger partial charge in [0.15, 0.2) is 0 Å². The van der Waals surface area contributed by atoms with E-state index in [2.05, 4.69) is 41.4 Å². The Hall–Kier alpha value is -4.36. The van der Waals surface area contributed by atoms with Crippen molar-refractivity contribution in [2.24, 2.45) is 16.3 Å². The predicted octanol–water partition coefficient (Wildman–Crippen LogP) is 4.61. The molecule has 2 heterocycles. The van der Waals surface area contributed by atoms with Gasteiger partial charge in [-0.3, -0.25) is 14.4 Å². The topological polar surface area (TPSA) is 108 Å². The molecule has 8 nitrogen and oxygen atoms in total. The summed E-state index contributed by atoms with van der Waals surface area (Å²) in [5.41, 5.74) is 9.66.